The standard InChI is InChI=1S/C13H17F3N2O2/c1-9(8-17)12(19)18-6-7-20-11-5-3-2-4-10(11)13(14,15)16/h2-5,9H,6-8,17H2,1H3,(H,18,19). The van der Waals surface area contributed by atoms with Crippen LogP contribution in [0.25, 0.3) is 0 Å². The summed E-state index contributed by atoms with van der Waals surface area (Å²) in [5, 5.41) is 2.54. The molecule has 0 saturated heterocycles. The predicted octanol–water partition coefficient (Wildman–Crippen LogP) is 1.80. The smallest absolute Gasteiger partial charge is 0.419 e. The topological polar surface area (TPSA) is 64.4 Å². The van der Waals surface area contributed by atoms with Gasteiger partial charge in [0.2, 0.25) is 5.91 Å². The van der Waals surface area contributed by atoms with Gasteiger partial charge in [-0.2, -0.15) is 13.2 Å². The van der Waals surface area contributed by atoms with Crippen molar-refractivity contribution in [1.82, 2.24) is 5.32 Å². The first-order valence-electron chi connectivity index (χ1n) is 6.13. The SMILES string of the molecule is CC(CN)C(=O)NCCOc1ccccc1C(F)(F)F. The second kappa shape index (κ2) is 7.14. The minimum atomic E-state index is -4.46. The van der Waals surface area contributed by atoms with E-state index in [2.05, 4.69) is 5.32 Å². The molecule has 1 rings (SSSR count). The van der Waals surface area contributed by atoms with E-state index in [4.69, 9.17) is 10.5 Å². The van der Waals surface area contributed by atoms with Gasteiger partial charge in [0.1, 0.15) is 12.4 Å². The molecule has 0 fully saturated rings. The van der Waals surface area contributed by atoms with E-state index in [0.717, 1.165) is 6.07 Å². The van der Waals surface area contributed by atoms with Crippen LogP contribution in [-0.2, 0) is 11.0 Å². The molecule has 1 atom stereocenters. The van der Waals surface area contributed by atoms with Gasteiger partial charge in [0.05, 0.1) is 12.1 Å². The van der Waals surface area contributed by atoms with Gasteiger partial charge in [-0.15, -0.1) is 0 Å². The Morgan fingerprint density at radius 1 is 1.40 bits per heavy atom. The Hall–Kier alpha value is -1.76. The number of amides is 1. The predicted molar refractivity (Wildman–Crippen MR) is 68.2 cm³/mol. The van der Waals surface area contributed by atoms with Crippen molar-refractivity contribution in [3.05, 3.63) is 29.8 Å². The second-order valence-corrected chi connectivity index (χ2v) is 4.27. The van der Waals surface area contributed by atoms with Crippen molar-refractivity contribution in [1.29, 1.82) is 0 Å². The molecule has 0 aliphatic rings. The van der Waals surface area contributed by atoms with Crippen LogP contribution in [-0.4, -0.2) is 25.6 Å². The normalized spacial score (nSPS) is 12.8. The molecule has 1 aromatic carbocycles. The maximum atomic E-state index is 12.7. The Bertz CT molecular complexity index is 449. The van der Waals surface area contributed by atoms with Crippen molar-refractivity contribution in [2.45, 2.75) is 13.1 Å². The number of hydrogen-bond donors (Lipinski definition) is 2. The highest BCUT2D eigenvalue weighted by Crippen LogP contribution is 2.35. The Labute approximate surface area is 115 Å². The fourth-order valence-corrected chi connectivity index (χ4v) is 1.44. The first-order chi connectivity index (χ1) is 9.36. The van der Waals surface area contributed by atoms with Crippen LogP contribution < -0.4 is 15.8 Å². The minimum absolute atomic E-state index is 0.0455. The summed E-state index contributed by atoms with van der Waals surface area (Å²) in [6.07, 6.45) is -4.46. The van der Waals surface area contributed by atoms with Gasteiger partial charge in [-0.05, 0) is 12.1 Å². The third-order valence-corrected chi connectivity index (χ3v) is 2.65. The van der Waals surface area contributed by atoms with Crippen LogP contribution >= 0.6 is 0 Å². The molecule has 0 aliphatic carbocycles. The quantitative estimate of drug-likeness (QED) is 0.785. The van der Waals surface area contributed by atoms with Crippen molar-refractivity contribution in [3.8, 4) is 5.75 Å². The Balaban J connectivity index is 2.49. The van der Waals surface area contributed by atoms with Gasteiger partial charge in [-0.3, -0.25) is 4.79 Å². The van der Waals surface area contributed by atoms with Crippen LogP contribution in [0.15, 0.2) is 24.3 Å². The Kier molecular flexibility index (Phi) is 5.82. The molecule has 0 aromatic heterocycles. The van der Waals surface area contributed by atoms with Gasteiger partial charge in [-0.1, -0.05) is 19.1 Å². The minimum Gasteiger partial charge on any atom is -0.491 e. The van der Waals surface area contributed by atoms with E-state index in [1.165, 1.54) is 18.2 Å². The van der Waals surface area contributed by atoms with E-state index in [0.29, 0.717) is 0 Å². The summed E-state index contributed by atoms with van der Waals surface area (Å²) in [6.45, 7) is 1.95. The van der Waals surface area contributed by atoms with Crippen LogP contribution in [0.4, 0.5) is 13.2 Å². The fraction of sp³-hybridized carbons (Fsp3) is 0.462. The molecule has 0 aliphatic heterocycles. The lowest BCUT2D eigenvalue weighted by Crippen LogP contribution is -2.35. The van der Waals surface area contributed by atoms with Crippen molar-refractivity contribution in [2.75, 3.05) is 19.7 Å². The van der Waals surface area contributed by atoms with Crippen molar-refractivity contribution in [3.63, 3.8) is 0 Å². The molecule has 1 amide bonds. The third kappa shape index (κ3) is 4.73. The van der Waals surface area contributed by atoms with Crippen LogP contribution in [0.5, 0.6) is 5.75 Å². The number of ether oxygens (including phenoxy) is 1. The summed E-state index contributed by atoms with van der Waals surface area (Å²) in [5.74, 6) is -0.834. The molecule has 112 valence electrons. The maximum absolute atomic E-state index is 12.7. The average Bonchev–Trinajstić information content (AvgIpc) is 2.41. The highest BCUT2D eigenvalue weighted by molar-refractivity contribution is 5.78. The average molecular weight is 290 g/mol. The van der Waals surface area contributed by atoms with E-state index in [1.54, 1.807) is 6.92 Å². The summed E-state index contributed by atoms with van der Waals surface area (Å²) < 4.78 is 43.1. The largest absolute Gasteiger partial charge is 0.491 e. The number of alkyl halides is 3. The summed E-state index contributed by atoms with van der Waals surface area (Å²) in [7, 11) is 0. The Morgan fingerprint density at radius 2 is 2.05 bits per heavy atom. The lowest BCUT2D eigenvalue weighted by Gasteiger charge is -2.14. The zero-order chi connectivity index (χ0) is 15.2. The lowest BCUT2D eigenvalue weighted by molar-refractivity contribution is -0.139. The number of carbonyl (C=O) groups excluding carboxylic acids is 1. The van der Waals surface area contributed by atoms with Gasteiger partial charge in [0.25, 0.3) is 0 Å². The van der Waals surface area contributed by atoms with Gasteiger partial charge >= 0.3 is 6.18 Å². The number of hydrogen-bond acceptors (Lipinski definition) is 3. The van der Waals surface area contributed by atoms with E-state index < -0.39 is 11.7 Å². The summed E-state index contributed by atoms with van der Waals surface area (Å²) in [6, 6.07) is 4.94. The number of benzene rings is 1. The molecule has 0 spiro atoms. The molecular weight excluding hydrogens is 273 g/mol. The summed E-state index contributed by atoms with van der Waals surface area (Å²) in [4.78, 5) is 11.4. The van der Waals surface area contributed by atoms with Crippen molar-refractivity contribution in [2.24, 2.45) is 11.7 Å². The summed E-state index contributed by atoms with van der Waals surface area (Å²) >= 11 is 0. The van der Waals surface area contributed by atoms with Gasteiger partial charge in [0.15, 0.2) is 0 Å². The molecule has 0 saturated carbocycles. The first-order valence-corrected chi connectivity index (χ1v) is 6.13. The highest BCUT2D eigenvalue weighted by Gasteiger charge is 2.33. The molecule has 0 radical (unpaired) electrons. The lowest BCUT2D eigenvalue weighted by atomic mass is 10.2. The molecule has 4 nitrogen and oxygen atoms in total. The number of nitrogens with two attached hydrogens (primary N) is 1. The number of rotatable bonds is 6. The van der Waals surface area contributed by atoms with Gasteiger partial charge in [-0.25, -0.2) is 0 Å². The highest BCUT2D eigenvalue weighted by atomic mass is 19.4. The van der Waals surface area contributed by atoms with E-state index >= 15 is 0 Å². The molecule has 20 heavy (non-hydrogen) atoms. The molecule has 1 unspecified atom stereocenters. The summed E-state index contributed by atoms with van der Waals surface area (Å²) in [5.41, 5.74) is 4.49. The van der Waals surface area contributed by atoms with E-state index in [9.17, 15) is 18.0 Å². The number of para-hydroxylation sites is 1. The third-order valence-electron chi connectivity index (χ3n) is 2.65. The molecule has 0 bridgehead atoms. The maximum Gasteiger partial charge on any atom is 0.419 e. The Morgan fingerprint density at radius 3 is 2.65 bits per heavy atom. The van der Waals surface area contributed by atoms with Crippen molar-refractivity contribution < 1.29 is 22.7 Å². The molecular formula is C13H17F3N2O2. The molecule has 3 N–H and O–H groups in total. The van der Waals surface area contributed by atoms with Gasteiger partial charge in [0, 0.05) is 12.5 Å². The molecule has 1 aromatic rings. The number of halogens is 3. The van der Waals surface area contributed by atoms with Crippen LogP contribution in [0.3, 0.4) is 0 Å². The number of carbonyl (C=O) groups is 1. The number of nitrogens with one attached hydrogen (secondary N) is 1. The fourth-order valence-electron chi connectivity index (χ4n) is 1.44. The zero-order valence-electron chi connectivity index (χ0n) is 11.0. The first kappa shape index (κ1) is 16.3. The van der Waals surface area contributed by atoms with E-state index in [1.807, 2.05) is 0 Å². The van der Waals surface area contributed by atoms with Crippen LogP contribution in [0, 0.1) is 5.92 Å². The molecule has 7 heteroatoms. The zero-order valence-corrected chi connectivity index (χ0v) is 11.0. The van der Waals surface area contributed by atoms with Crippen LogP contribution in [0.1, 0.15) is 12.5 Å². The van der Waals surface area contributed by atoms with E-state index in [-0.39, 0.29) is 37.3 Å². The van der Waals surface area contributed by atoms with Crippen molar-refractivity contribution >= 4 is 5.91 Å². The van der Waals surface area contributed by atoms with Crippen LogP contribution in [0.2, 0.25) is 0 Å². The van der Waals surface area contributed by atoms with Gasteiger partial charge < -0.3 is 15.8 Å². The second-order valence-electron chi connectivity index (χ2n) is 4.27. The molecule has 0 heterocycles. The monoisotopic (exact) mass is 290 g/mol.